The van der Waals surface area contributed by atoms with Crippen LogP contribution in [0.4, 0.5) is 8.78 Å². The van der Waals surface area contributed by atoms with E-state index in [1.807, 2.05) is 0 Å². The van der Waals surface area contributed by atoms with Crippen LogP contribution in [0.2, 0.25) is 0 Å². The van der Waals surface area contributed by atoms with Crippen LogP contribution in [0.1, 0.15) is 32.1 Å². The lowest BCUT2D eigenvalue weighted by Crippen LogP contribution is -2.36. The van der Waals surface area contributed by atoms with Crippen molar-refractivity contribution in [2.24, 2.45) is 11.3 Å². The highest BCUT2D eigenvalue weighted by Gasteiger charge is 2.45. The maximum absolute atomic E-state index is 13.8. The molecule has 0 aromatic carbocycles. The van der Waals surface area contributed by atoms with Crippen molar-refractivity contribution < 1.29 is 13.9 Å². The molecular formula is C13H15F2NO. The van der Waals surface area contributed by atoms with Crippen molar-refractivity contribution in [2.45, 2.75) is 38.2 Å². The van der Waals surface area contributed by atoms with Gasteiger partial charge >= 0.3 is 0 Å². The van der Waals surface area contributed by atoms with Crippen LogP contribution in [0.3, 0.4) is 0 Å². The Balaban J connectivity index is 2.23. The van der Waals surface area contributed by atoms with Gasteiger partial charge in [-0.3, -0.25) is 0 Å². The molecule has 0 aromatic rings. The zero-order valence-corrected chi connectivity index (χ0v) is 9.50. The van der Waals surface area contributed by atoms with Crippen LogP contribution in [-0.4, -0.2) is 11.2 Å². The van der Waals surface area contributed by atoms with Crippen LogP contribution >= 0.6 is 0 Å². The van der Waals surface area contributed by atoms with Gasteiger partial charge in [0.1, 0.15) is 11.7 Å². The van der Waals surface area contributed by atoms with Gasteiger partial charge in [-0.1, -0.05) is 0 Å². The van der Waals surface area contributed by atoms with Crippen LogP contribution in [-0.2, 0) is 0 Å². The van der Waals surface area contributed by atoms with Crippen LogP contribution in [0, 0.1) is 22.7 Å². The predicted molar refractivity (Wildman–Crippen MR) is 59.0 cm³/mol. The second-order valence-corrected chi connectivity index (χ2v) is 4.92. The molecule has 0 radical (unpaired) electrons. The van der Waals surface area contributed by atoms with Crippen molar-refractivity contribution in [3.05, 3.63) is 23.8 Å². The number of hydrogen-bond donors (Lipinski definition) is 1. The second kappa shape index (κ2) is 4.58. The third kappa shape index (κ3) is 2.25. The van der Waals surface area contributed by atoms with Crippen molar-refractivity contribution in [2.75, 3.05) is 0 Å². The van der Waals surface area contributed by atoms with Gasteiger partial charge in [0.05, 0.1) is 17.6 Å². The molecule has 0 amide bonds. The quantitative estimate of drug-likeness (QED) is 0.763. The Morgan fingerprint density at radius 3 is 2.53 bits per heavy atom. The van der Waals surface area contributed by atoms with E-state index in [2.05, 4.69) is 6.07 Å². The lowest BCUT2D eigenvalue weighted by Gasteiger charge is -2.39. The number of nitrogens with zero attached hydrogens (tertiary/aromatic N) is 1. The first-order chi connectivity index (χ1) is 8.07. The number of aliphatic hydroxyl groups excluding tert-OH is 1. The summed E-state index contributed by atoms with van der Waals surface area (Å²) in [6.07, 6.45) is 3.64. The van der Waals surface area contributed by atoms with Crippen LogP contribution in [0.15, 0.2) is 23.8 Å². The van der Waals surface area contributed by atoms with Crippen molar-refractivity contribution in [1.82, 2.24) is 0 Å². The van der Waals surface area contributed by atoms with Gasteiger partial charge in [-0.05, 0) is 37.8 Å². The third-order valence-electron chi connectivity index (χ3n) is 3.89. The molecule has 1 saturated carbocycles. The first-order valence-corrected chi connectivity index (χ1v) is 5.88. The number of allylic oxidation sites excluding steroid dienone is 4. The molecule has 2 aliphatic carbocycles. The van der Waals surface area contributed by atoms with E-state index >= 15 is 0 Å². The molecule has 2 rings (SSSR count). The van der Waals surface area contributed by atoms with Crippen molar-refractivity contribution in [3.63, 3.8) is 0 Å². The lowest BCUT2D eigenvalue weighted by molar-refractivity contribution is 0.0599. The van der Waals surface area contributed by atoms with E-state index < -0.39 is 23.3 Å². The van der Waals surface area contributed by atoms with Gasteiger partial charge in [-0.15, -0.1) is 0 Å². The third-order valence-corrected chi connectivity index (χ3v) is 3.89. The first kappa shape index (κ1) is 12.3. The average Bonchev–Trinajstić information content (AvgIpc) is 2.34. The highest BCUT2D eigenvalue weighted by atomic mass is 19.1. The van der Waals surface area contributed by atoms with Crippen LogP contribution in [0.5, 0.6) is 0 Å². The van der Waals surface area contributed by atoms with E-state index in [9.17, 15) is 19.1 Å². The summed E-state index contributed by atoms with van der Waals surface area (Å²) >= 11 is 0. The molecule has 0 heterocycles. The fraction of sp³-hybridized carbons (Fsp3) is 0.615. The van der Waals surface area contributed by atoms with Gasteiger partial charge in [0.2, 0.25) is 0 Å². The summed E-state index contributed by atoms with van der Waals surface area (Å²) < 4.78 is 27.0. The average molecular weight is 239 g/mol. The molecular weight excluding hydrogens is 224 g/mol. The maximum Gasteiger partial charge on any atom is 0.105 e. The Bertz CT molecular complexity index is 400. The predicted octanol–water partition coefficient (Wildman–Crippen LogP) is 3.16. The topological polar surface area (TPSA) is 44.0 Å². The molecule has 2 aliphatic rings. The fourth-order valence-electron chi connectivity index (χ4n) is 2.76. The molecule has 17 heavy (non-hydrogen) atoms. The maximum atomic E-state index is 13.8. The number of nitriles is 1. The zero-order valence-electron chi connectivity index (χ0n) is 9.50. The molecule has 0 saturated heterocycles. The highest BCUT2D eigenvalue weighted by molar-refractivity contribution is 5.25. The first-order valence-electron chi connectivity index (χ1n) is 5.88. The van der Waals surface area contributed by atoms with Gasteiger partial charge in [-0.2, -0.15) is 5.26 Å². The molecule has 1 unspecified atom stereocenters. The van der Waals surface area contributed by atoms with E-state index in [-0.39, 0.29) is 12.2 Å². The van der Waals surface area contributed by atoms with Crippen molar-refractivity contribution >= 4 is 0 Å². The van der Waals surface area contributed by atoms with E-state index in [1.54, 1.807) is 0 Å². The molecule has 0 bridgehead atoms. The fourth-order valence-corrected chi connectivity index (χ4v) is 2.76. The molecule has 0 aromatic heterocycles. The molecule has 1 fully saturated rings. The second-order valence-electron chi connectivity index (χ2n) is 4.92. The van der Waals surface area contributed by atoms with Crippen LogP contribution in [0.25, 0.3) is 0 Å². The van der Waals surface area contributed by atoms with Crippen molar-refractivity contribution in [3.8, 4) is 6.07 Å². The van der Waals surface area contributed by atoms with E-state index in [1.165, 1.54) is 0 Å². The van der Waals surface area contributed by atoms with Gasteiger partial charge in [0.15, 0.2) is 0 Å². The highest BCUT2D eigenvalue weighted by Crippen LogP contribution is 2.49. The number of rotatable bonds is 1. The summed E-state index contributed by atoms with van der Waals surface area (Å²) in [5.74, 6) is -1.48. The minimum atomic E-state index is -0.856. The largest absolute Gasteiger partial charge is 0.393 e. The Kier molecular flexibility index (Phi) is 3.30. The Labute approximate surface area is 99.2 Å². The minimum Gasteiger partial charge on any atom is -0.393 e. The smallest absolute Gasteiger partial charge is 0.105 e. The molecule has 1 N–H and O–H groups in total. The van der Waals surface area contributed by atoms with E-state index in [0.717, 1.165) is 12.2 Å². The standard InChI is InChI=1S/C13H15F2NO/c14-9-1-2-12(15)11(7-9)13(8-16)5-3-10(17)4-6-13/h1-2,10-11,17H,3-7H2/t10-,11?,13+. The summed E-state index contributed by atoms with van der Waals surface area (Å²) in [6, 6.07) is 2.17. The van der Waals surface area contributed by atoms with Gasteiger partial charge in [0.25, 0.3) is 0 Å². The molecule has 0 aliphatic heterocycles. The summed E-state index contributed by atoms with van der Waals surface area (Å²) in [7, 11) is 0. The number of aliphatic hydroxyl groups is 1. The Morgan fingerprint density at radius 2 is 1.94 bits per heavy atom. The zero-order chi connectivity index (χ0) is 12.5. The van der Waals surface area contributed by atoms with Gasteiger partial charge < -0.3 is 5.11 Å². The Morgan fingerprint density at radius 1 is 1.29 bits per heavy atom. The van der Waals surface area contributed by atoms with Gasteiger partial charge in [0, 0.05) is 12.3 Å². The number of halogens is 2. The lowest BCUT2D eigenvalue weighted by atomic mass is 9.64. The summed E-state index contributed by atoms with van der Waals surface area (Å²) in [5.41, 5.74) is -0.856. The van der Waals surface area contributed by atoms with Gasteiger partial charge in [-0.25, -0.2) is 8.78 Å². The molecule has 2 nitrogen and oxygen atoms in total. The molecule has 0 spiro atoms. The monoisotopic (exact) mass is 239 g/mol. The summed E-state index contributed by atoms with van der Waals surface area (Å²) in [5, 5.41) is 18.8. The summed E-state index contributed by atoms with van der Waals surface area (Å²) in [4.78, 5) is 0. The molecule has 4 heteroatoms. The van der Waals surface area contributed by atoms with E-state index in [4.69, 9.17) is 0 Å². The molecule has 92 valence electrons. The SMILES string of the molecule is N#C[C@]1(C2CC(F)=CC=C2F)CC[C@@H](O)CC1. The number of hydrogen-bond acceptors (Lipinski definition) is 2. The Hall–Kier alpha value is -1.21. The van der Waals surface area contributed by atoms with Crippen LogP contribution < -0.4 is 0 Å². The summed E-state index contributed by atoms with van der Waals surface area (Å²) in [6.45, 7) is 0. The normalized spacial score (nSPS) is 38.0. The molecule has 1 atom stereocenters. The van der Waals surface area contributed by atoms with E-state index in [0.29, 0.717) is 25.7 Å². The minimum absolute atomic E-state index is 0.0357. The van der Waals surface area contributed by atoms with Crippen molar-refractivity contribution in [1.29, 1.82) is 5.26 Å².